The Morgan fingerprint density at radius 3 is 2.23 bits per heavy atom. The van der Waals surface area contributed by atoms with Gasteiger partial charge in [0.25, 0.3) is 0 Å². The molecule has 0 aliphatic heterocycles. The van der Waals surface area contributed by atoms with Crippen LogP contribution in [0, 0.1) is 0 Å². The fourth-order valence-corrected chi connectivity index (χ4v) is 2.28. The lowest BCUT2D eigenvalue weighted by molar-refractivity contribution is -0.137. The number of hydrogen-bond acceptors (Lipinski definition) is 4. The molecule has 0 aromatic rings. The van der Waals surface area contributed by atoms with Crippen molar-refractivity contribution >= 4 is 5.97 Å². The van der Waals surface area contributed by atoms with Gasteiger partial charge in [0.15, 0.2) is 0 Å². The molecule has 0 spiro atoms. The van der Waals surface area contributed by atoms with Crippen molar-refractivity contribution in [3.8, 4) is 0 Å². The molecule has 0 amide bonds. The highest BCUT2D eigenvalue weighted by molar-refractivity contribution is 5.66. The average molecular weight is 366 g/mol. The van der Waals surface area contributed by atoms with Crippen LogP contribution in [0.1, 0.15) is 58.8 Å². The van der Waals surface area contributed by atoms with Crippen LogP contribution in [0.15, 0.2) is 48.6 Å². The monoisotopic (exact) mass is 366 g/mol. The number of rotatable bonds is 14. The lowest BCUT2D eigenvalue weighted by Gasteiger charge is -2.18. The van der Waals surface area contributed by atoms with Gasteiger partial charge in [-0.2, -0.15) is 0 Å². The molecule has 5 heteroatoms. The molecule has 0 heterocycles. The maximum absolute atomic E-state index is 10.4. The second kappa shape index (κ2) is 14.5. The number of carboxylic acids is 1. The molecule has 0 aliphatic carbocycles. The number of aliphatic hydroxyl groups is 3. The second-order valence-electron chi connectivity index (χ2n) is 6.67. The van der Waals surface area contributed by atoms with Gasteiger partial charge in [-0.05, 0) is 26.2 Å². The van der Waals surface area contributed by atoms with Crippen LogP contribution < -0.4 is 0 Å². The summed E-state index contributed by atoms with van der Waals surface area (Å²) >= 11 is 0. The molecule has 26 heavy (non-hydrogen) atoms. The molecule has 0 saturated carbocycles. The number of allylic oxidation sites excluding steroid dienone is 6. The van der Waals surface area contributed by atoms with Gasteiger partial charge in [-0.3, -0.25) is 4.79 Å². The minimum atomic E-state index is -1.02. The van der Waals surface area contributed by atoms with E-state index in [0.29, 0.717) is 6.42 Å². The van der Waals surface area contributed by atoms with Crippen molar-refractivity contribution in [1.82, 2.24) is 0 Å². The number of aliphatic carboxylic acids is 1. The zero-order valence-corrected chi connectivity index (χ0v) is 15.9. The first-order chi connectivity index (χ1) is 12.3. The summed E-state index contributed by atoms with van der Waals surface area (Å²) in [7, 11) is 0. The molecule has 0 saturated heterocycles. The van der Waals surface area contributed by atoms with E-state index < -0.39 is 23.8 Å². The molecule has 0 fully saturated rings. The highest BCUT2D eigenvalue weighted by atomic mass is 16.4. The Hall–Kier alpha value is -1.69. The molecule has 0 aromatic carbocycles. The van der Waals surface area contributed by atoms with Crippen molar-refractivity contribution in [2.45, 2.75) is 76.6 Å². The fourth-order valence-electron chi connectivity index (χ4n) is 2.28. The van der Waals surface area contributed by atoms with Crippen LogP contribution in [0.5, 0.6) is 0 Å². The topological polar surface area (TPSA) is 98.0 Å². The molecular formula is C21H34O5. The summed E-state index contributed by atoms with van der Waals surface area (Å²) in [5, 5.41) is 38.1. The quantitative estimate of drug-likeness (QED) is 0.278. The van der Waals surface area contributed by atoms with E-state index in [2.05, 4.69) is 6.92 Å². The Bertz CT molecular complexity index is 489. The predicted octanol–water partition coefficient (Wildman–Crippen LogP) is 3.52. The van der Waals surface area contributed by atoms with Gasteiger partial charge in [-0.25, -0.2) is 0 Å². The SMILES string of the molecule is CCCCC[C@](C)(O)C=CC=CC=CC=C[C@@H](O)[C@@H](O)CCCC(=O)O. The van der Waals surface area contributed by atoms with Crippen LogP contribution in [0.3, 0.4) is 0 Å². The van der Waals surface area contributed by atoms with Crippen LogP contribution >= 0.6 is 0 Å². The van der Waals surface area contributed by atoms with Crippen LogP contribution in [-0.2, 0) is 4.79 Å². The number of carbonyl (C=O) groups is 1. The van der Waals surface area contributed by atoms with E-state index in [1.807, 2.05) is 6.08 Å². The third-order valence-corrected chi connectivity index (χ3v) is 3.89. The smallest absolute Gasteiger partial charge is 0.303 e. The molecule has 0 radical (unpaired) electrons. The van der Waals surface area contributed by atoms with Gasteiger partial charge in [0.1, 0.15) is 0 Å². The third kappa shape index (κ3) is 14.6. The molecule has 148 valence electrons. The first kappa shape index (κ1) is 24.3. The minimum Gasteiger partial charge on any atom is -0.481 e. The molecule has 3 atom stereocenters. The summed E-state index contributed by atoms with van der Waals surface area (Å²) in [5.41, 5.74) is -0.788. The van der Waals surface area contributed by atoms with Crippen LogP contribution in [0.25, 0.3) is 0 Å². The summed E-state index contributed by atoms with van der Waals surface area (Å²) < 4.78 is 0. The summed E-state index contributed by atoms with van der Waals surface area (Å²) in [5.74, 6) is -0.909. The van der Waals surface area contributed by atoms with E-state index in [-0.39, 0.29) is 12.8 Å². The Labute approximate surface area is 157 Å². The van der Waals surface area contributed by atoms with Gasteiger partial charge in [-0.15, -0.1) is 0 Å². The third-order valence-electron chi connectivity index (χ3n) is 3.89. The van der Waals surface area contributed by atoms with Gasteiger partial charge < -0.3 is 20.4 Å². The Kier molecular flexibility index (Phi) is 13.5. The first-order valence-electron chi connectivity index (χ1n) is 9.28. The zero-order chi connectivity index (χ0) is 19.8. The van der Waals surface area contributed by atoms with Crippen molar-refractivity contribution in [3.05, 3.63) is 48.6 Å². The molecule has 4 N–H and O–H groups in total. The van der Waals surface area contributed by atoms with E-state index in [0.717, 1.165) is 25.7 Å². The number of unbranched alkanes of at least 4 members (excludes halogenated alkanes) is 2. The highest BCUT2D eigenvalue weighted by Gasteiger charge is 2.14. The molecule has 0 aliphatic rings. The van der Waals surface area contributed by atoms with E-state index in [4.69, 9.17) is 5.11 Å². The maximum atomic E-state index is 10.4. The van der Waals surface area contributed by atoms with Crippen LogP contribution in [0.4, 0.5) is 0 Å². The zero-order valence-electron chi connectivity index (χ0n) is 15.9. The summed E-state index contributed by atoms with van der Waals surface area (Å²) in [6, 6.07) is 0. The van der Waals surface area contributed by atoms with E-state index in [1.54, 1.807) is 43.4 Å². The predicted molar refractivity (Wildman–Crippen MR) is 105 cm³/mol. The highest BCUT2D eigenvalue weighted by Crippen LogP contribution is 2.15. The molecular weight excluding hydrogens is 332 g/mol. The summed E-state index contributed by atoms with van der Waals surface area (Å²) in [6.45, 7) is 3.93. The van der Waals surface area contributed by atoms with Gasteiger partial charge in [0.2, 0.25) is 0 Å². The van der Waals surface area contributed by atoms with Crippen molar-refractivity contribution in [2.24, 2.45) is 0 Å². The average Bonchev–Trinajstić information content (AvgIpc) is 2.56. The van der Waals surface area contributed by atoms with Gasteiger partial charge in [0.05, 0.1) is 17.8 Å². The second-order valence-corrected chi connectivity index (χ2v) is 6.67. The van der Waals surface area contributed by atoms with Crippen LogP contribution in [0.2, 0.25) is 0 Å². The molecule has 0 bridgehead atoms. The van der Waals surface area contributed by atoms with Gasteiger partial charge in [0, 0.05) is 6.42 Å². The summed E-state index contributed by atoms with van der Waals surface area (Å²) in [4.78, 5) is 10.4. The maximum Gasteiger partial charge on any atom is 0.303 e. The number of aliphatic hydroxyl groups excluding tert-OH is 2. The molecule has 0 rings (SSSR count). The normalized spacial score (nSPS) is 17.4. The van der Waals surface area contributed by atoms with Crippen molar-refractivity contribution < 1.29 is 25.2 Å². The Balaban J connectivity index is 4.12. The van der Waals surface area contributed by atoms with Crippen molar-refractivity contribution in [2.75, 3.05) is 0 Å². The van der Waals surface area contributed by atoms with Crippen molar-refractivity contribution in [3.63, 3.8) is 0 Å². The van der Waals surface area contributed by atoms with Crippen LogP contribution in [-0.4, -0.2) is 44.2 Å². The molecule has 5 nitrogen and oxygen atoms in total. The van der Waals surface area contributed by atoms with Crippen molar-refractivity contribution in [1.29, 1.82) is 0 Å². The van der Waals surface area contributed by atoms with E-state index >= 15 is 0 Å². The number of carboxylic acid groups (broad SMARTS) is 1. The lowest BCUT2D eigenvalue weighted by atomic mass is 9.98. The lowest BCUT2D eigenvalue weighted by Crippen LogP contribution is -2.23. The van der Waals surface area contributed by atoms with E-state index in [1.165, 1.54) is 6.08 Å². The standard InChI is InChI=1S/C21H34O5/c1-3-4-10-16-21(2,26)17-11-8-6-5-7-9-13-18(22)19(23)14-12-15-20(24)25/h5-9,11,13,17-19,22-23,26H,3-4,10,12,14-16H2,1-2H3,(H,24,25)/t18-,19+,21+/m1/s1. The Morgan fingerprint density at radius 1 is 1.00 bits per heavy atom. The minimum absolute atomic E-state index is 0.0167. The largest absolute Gasteiger partial charge is 0.481 e. The Morgan fingerprint density at radius 2 is 1.62 bits per heavy atom. The van der Waals surface area contributed by atoms with Gasteiger partial charge >= 0.3 is 5.97 Å². The number of hydrogen-bond donors (Lipinski definition) is 4. The summed E-state index contributed by atoms with van der Waals surface area (Å²) in [6.07, 6.45) is 16.4. The first-order valence-corrected chi connectivity index (χ1v) is 9.28. The van der Waals surface area contributed by atoms with Gasteiger partial charge in [-0.1, -0.05) is 74.8 Å². The van der Waals surface area contributed by atoms with E-state index in [9.17, 15) is 20.1 Å². The molecule has 0 aromatic heterocycles. The fraction of sp³-hybridized carbons (Fsp3) is 0.571. The molecule has 0 unspecified atom stereocenters.